The maximum absolute atomic E-state index is 5.15. The molecule has 0 atom stereocenters. The van der Waals surface area contributed by atoms with Gasteiger partial charge in [-0.15, -0.1) is 0 Å². The fourth-order valence-electron chi connectivity index (χ4n) is 5.00. The van der Waals surface area contributed by atoms with Crippen molar-refractivity contribution in [3.8, 4) is 45.0 Å². The predicted molar refractivity (Wildman–Crippen MR) is 179 cm³/mol. The lowest BCUT2D eigenvalue weighted by atomic mass is 10.1. The first-order valence-corrected chi connectivity index (χ1v) is 16.3. The first kappa shape index (κ1) is 28.1. The van der Waals surface area contributed by atoms with Gasteiger partial charge in [0.25, 0.3) is 0 Å². The highest BCUT2D eigenvalue weighted by atomic mass is 32.2. The molecular weight excluding hydrogens is 553 g/mol. The van der Waals surface area contributed by atoms with Crippen LogP contribution in [0, 0.1) is 0 Å². The molecular formula is C36H34N4S2. The normalized spacial score (nSPS) is 11.3. The number of rotatable bonds is 12. The van der Waals surface area contributed by atoms with Gasteiger partial charge < -0.3 is 9.97 Å². The summed E-state index contributed by atoms with van der Waals surface area (Å²) in [6, 6.07) is 41.9. The number of nitrogens with one attached hydrogen (secondary N) is 2. The van der Waals surface area contributed by atoms with E-state index in [4.69, 9.17) is 9.97 Å². The zero-order valence-corrected chi connectivity index (χ0v) is 25.3. The molecule has 2 heterocycles. The number of hydrogen-bond donors (Lipinski definition) is 2. The van der Waals surface area contributed by atoms with Gasteiger partial charge in [0, 0.05) is 22.3 Å². The summed E-state index contributed by atoms with van der Waals surface area (Å²) in [6.07, 6.45) is 4.63. The molecule has 0 aliphatic heterocycles. The lowest BCUT2D eigenvalue weighted by molar-refractivity contribution is 0.695. The van der Waals surface area contributed by atoms with Crippen molar-refractivity contribution < 1.29 is 0 Å². The van der Waals surface area contributed by atoms with Crippen molar-refractivity contribution >= 4 is 23.5 Å². The van der Waals surface area contributed by atoms with Crippen LogP contribution in [-0.4, -0.2) is 24.5 Å². The number of benzene rings is 4. The van der Waals surface area contributed by atoms with Gasteiger partial charge in [0.1, 0.15) is 0 Å². The molecule has 0 radical (unpaired) electrons. The lowest BCUT2D eigenvalue weighted by Crippen LogP contribution is -1.99. The molecule has 0 aliphatic rings. The van der Waals surface area contributed by atoms with Crippen LogP contribution in [-0.2, 0) is 0 Å². The second-order valence-corrected chi connectivity index (χ2v) is 12.8. The molecule has 0 aliphatic carbocycles. The number of H-pyrrole nitrogens is 2. The molecule has 6 heteroatoms. The second kappa shape index (κ2) is 13.8. The van der Waals surface area contributed by atoms with Crippen molar-refractivity contribution in [1.82, 2.24) is 19.9 Å². The largest absolute Gasteiger partial charge is 0.332 e. The van der Waals surface area contributed by atoms with Crippen molar-refractivity contribution in [2.45, 2.75) is 47.5 Å². The van der Waals surface area contributed by atoms with E-state index in [1.807, 2.05) is 12.1 Å². The Morgan fingerprint density at radius 1 is 0.524 bits per heavy atom. The minimum absolute atomic E-state index is 0.244. The number of hydrogen-bond acceptors (Lipinski definition) is 4. The van der Waals surface area contributed by atoms with Crippen LogP contribution in [0.5, 0.6) is 0 Å². The molecule has 0 saturated heterocycles. The molecule has 0 unspecified atom stereocenters. The van der Waals surface area contributed by atoms with Gasteiger partial charge >= 0.3 is 0 Å². The smallest absolute Gasteiger partial charge is 0.167 e. The van der Waals surface area contributed by atoms with Crippen LogP contribution in [0.4, 0.5) is 0 Å². The van der Waals surface area contributed by atoms with E-state index >= 15 is 0 Å². The van der Waals surface area contributed by atoms with E-state index < -0.39 is 0 Å². The number of nitrogens with zero attached hydrogens (tertiary/aromatic N) is 2. The first-order chi connectivity index (χ1) is 20.8. The summed E-state index contributed by atoms with van der Waals surface area (Å²) in [6.45, 7) is 2.25. The van der Waals surface area contributed by atoms with E-state index in [0.29, 0.717) is 0 Å². The number of imidazole rings is 2. The monoisotopic (exact) mass is 586 g/mol. The van der Waals surface area contributed by atoms with Gasteiger partial charge in [-0.3, -0.25) is 0 Å². The molecule has 2 N–H and O–H groups in total. The second-order valence-electron chi connectivity index (χ2n) is 10.2. The van der Waals surface area contributed by atoms with Crippen LogP contribution in [0.25, 0.3) is 45.0 Å². The van der Waals surface area contributed by atoms with Crippen LogP contribution in [0.1, 0.15) is 32.6 Å². The SMILES string of the molecule is CCCCCC(Sc1nc(-c2ccccc2)c(-c2ccccc2)[nH]1)Sc1nc(-c2ccccc2)c(-c2ccccc2)[nH]1. The number of unbranched alkanes of at least 4 members (excludes halogenated alkanes) is 2. The van der Waals surface area contributed by atoms with E-state index in [-0.39, 0.29) is 4.58 Å². The molecule has 0 amide bonds. The highest BCUT2D eigenvalue weighted by Crippen LogP contribution is 2.41. The Hall–Kier alpha value is -4.00. The van der Waals surface area contributed by atoms with Crippen LogP contribution >= 0.6 is 23.5 Å². The fraction of sp³-hybridized carbons (Fsp3) is 0.167. The van der Waals surface area contributed by atoms with Crippen LogP contribution < -0.4 is 0 Å². The minimum atomic E-state index is 0.244. The maximum atomic E-state index is 5.15. The van der Waals surface area contributed by atoms with E-state index in [0.717, 1.165) is 68.2 Å². The maximum Gasteiger partial charge on any atom is 0.167 e. The van der Waals surface area contributed by atoms with Crippen molar-refractivity contribution in [2.75, 3.05) is 0 Å². The number of aromatic amines is 2. The van der Waals surface area contributed by atoms with Crippen LogP contribution in [0.15, 0.2) is 132 Å². The summed E-state index contributed by atoms with van der Waals surface area (Å²) < 4.78 is 0.244. The molecule has 4 nitrogen and oxygen atoms in total. The fourth-order valence-corrected chi connectivity index (χ4v) is 7.42. The lowest BCUT2D eigenvalue weighted by Gasteiger charge is -2.13. The third-order valence-electron chi connectivity index (χ3n) is 7.11. The van der Waals surface area contributed by atoms with Crippen LogP contribution in [0.2, 0.25) is 0 Å². The highest BCUT2D eigenvalue weighted by molar-refractivity contribution is 8.16. The summed E-state index contributed by atoms with van der Waals surface area (Å²) in [4.78, 5) is 17.7. The van der Waals surface area contributed by atoms with Crippen molar-refractivity contribution in [2.24, 2.45) is 0 Å². The Morgan fingerprint density at radius 3 is 1.29 bits per heavy atom. The number of aromatic nitrogens is 4. The Kier molecular flexibility index (Phi) is 9.23. The Bertz CT molecular complexity index is 1440. The average molecular weight is 587 g/mol. The van der Waals surface area contributed by atoms with Gasteiger partial charge in [-0.25, -0.2) is 9.97 Å². The van der Waals surface area contributed by atoms with Gasteiger partial charge in [0.05, 0.1) is 27.4 Å². The zero-order valence-electron chi connectivity index (χ0n) is 23.7. The van der Waals surface area contributed by atoms with Crippen molar-refractivity contribution in [1.29, 1.82) is 0 Å². The quantitative estimate of drug-likeness (QED) is 0.0851. The Balaban J connectivity index is 1.33. The summed E-state index contributed by atoms with van der Waals surface area (Å²) in [5.74, 6) is 0. The molecule has 4 aromatic carbocycles. The third kappa shape index (κ3) is 6.72. The average Bonchev–Trinajstić information content (AvgIpc) is 3.68. The molecule has 0 fully saturated rings. The van der Waals surface area contributed by atoms with Gasteiger partial charge in [-0.1, -0.05) is 171 Å². The number of thioether (sulfide) groups is 2. The molecule has 0 spiro atoms. The first-order valence-electron chi connectivity index (χ1n) is 14.5. The van der Waals surface area contributed by atoms with Crippen molar-refractivity contribution in [3.05, 3.63) is 121 Å². The van der Waals surface area contributed by atoms with Gasteiger partial charge in [0.2, 0.25) is 0 Å². The third-order valence-corrected chi connectivity index (χ3v) is 9.52. The van der Waals surface area contributed by atoms with Gasteiger partial charge in [0.15, 0.2) is 10.3 Å². The molecule has 0 bridgehead atoms. The summed E-state index contributed by atoms with van der Waals surface area (Å²) in [5, 5.41) is 1.86. The van der Waals surface area contributed by atoms with E-state index in [1.54, 1.807) is 23.5 Å². The molecule has 6 rings (SSSR count). The Labute approximate surface area is 256 Å². The zero-order chi connectivity index (χ0) is 28.6. The summed E-state index contributed by atoms with van der Waals surface area (Å²) in [5.41, 5.74) is 8.57. The summed E-state index contributed by atoms with van der Waals surface area (Å²) >= 11 is 3.60. The molecule has 42 heavy (non-hydrogen) atoms. The van der Waals surface area contributed by atoms with E-state index in [2.05, 4.69) is 126 Å². The molecule has 2 aromatic heterocycles. The van der Waals surface area contributed by atoms with E-state index in [1.165, 1.54) is 12.8 Å². The topological polar surface area (TPSA) is 57.4 Å². The van der Waals surface area contributed by atoms with Crippen molar-refractivity contribution in [3.63, 3.8) is 0 Å². The highest BCUT2D eigenvalue weighted by Gasteiger charge is 2.22. The van der Waals surface area contributed by atoms with E-state index in [9.17, 15) is 0 Å². The standard InChI is InChI=1S/C36H34N4S2/c1-2-3-8-25-30(41-35-37-31(26-17-9-4-10-18-26)32(38-35)27-19-11-5-12-20-27)42-36-39-33(28-21-13-6-14-22-28)34(40-36)29-23-15-7-16-24-29/h4-7,9-24,30H,2-3,8,25H2,1H3,(H,37,38)(H,39,40). The molecule has 0 saturated carbocycles. The Morgan fingerprint density at radius 2 is 0.905 bits per heavy atom. The predicted octanol–water partition coefficient (Wildman–Crippen LogP) is 10.6. The molecule has 210 valence electrons. The molecule has 6 aromatic rings. The van der Waals surface area contributed by atoms with Gasteiger partial charge in [-0.05, 0) is 6.42 Å². The summed E-state index contributed by atoms with van der Waals surface area (Å²) in [7, 11) is 0. The van der Waals surface area contributed by atoms with Crippen LogP contribution in [0.3, 0.4) is 0 Å². The van der Waals surface area contributed by atoms with Gasteiger partial charge in [-0.2, -0.15) is 0 Å². The minimum Gasteiger partial charge on any atom is -0.332 e.